The van der Waals surface area contributed by atoms with E-state index >= 15 is 0 Å². The van der Waals surface area contributed by atoms with Gasteiger partial charge in [0.05, 0.1) is 11.7 Å². The zero-order chi connectivity index (χ0) is 13.8. The quantitative estimate of drug-likeness (QED) is 0.640. The van der Waals surface area contributed by atoms with Gasteiger partial charge in [-0.15, -0.1) is 0 Å². The Bertz CT molecular complexity index is 536. The van der Waals surface area contributed by atoms with Gasteiger partial charge in [-0.3, -0.25) is 10.8 Å². The summed E-state index contributed by atoms with van der Waals surface area (Å²) in [6, 6.07) is 7.78. The third-order valence-electron chi connectivity index (χ3n) is 3.05. The molecule has 2 rings (SSSR count). The van der Waals surface area contributed by atoms with Crippen LogP contribution in [-0.2, 0) is 0 Å². The molecule has 1 unspecified atom stereocenters. The van der Waals surface area contributed by atoms with Crippen molar-refractivity contribution in [1.29, 1.82) is 0 Å². The third-order valence-corrected chi connectivity index (χ3v) is 3.05. The van der Waals surface area contributed by atoms with Gasteiger partial charge >= 0.3 is 0 Å². The number of nitrogens with two attached hydrogens (primary N) is 1. The number of aromatic nitrogens is 2. The topological polar surface area (TPSA) is 67.1 Å². The predicted molar refractivity (Wildman–Crippen MR) is 76.7 cm³/mol. The number of hydrazine groups is 1. The van der Waals surface area contributed by atoms with E-state index in [4.69, 9.17) is 5.84 Å². The number of anilines is 1. The van der Waals surface area contributed by atoms with Crippen molar-refractivity contribution < 1.29 is 0 Å². The van der Waals surface area contributed by atoms with Crippen LogP contribution in [0.25, 0.3) is 0 Å². The van der Waals surface area contributed by atoms with Gasteiger partial charge in [0.15, 0.2) is 0 Å². The van der Waals surface area contributed by atoms with Crippen molar-refractivity contribution >= 4 is 5.82 Å². The highest BCUT2D eigenvalue weighted by Crippen LogP contribution is 2.22. The van der Waals surface area contributed by atoms with Crippen molar-refractivity contribution in [3.63, 3.8) is 0 Å². The Hall–Kier alpha value is -1.98. The molecule has 100 valence electrons. The zero-order valence-corrected chi connectivity index (χ0v) is 11.5. The molecule has 0 fully saturated rings. The minimum Gasteiger partial charge on any atom is -0.363 e. The van der Waals surface area contributed by atoms with Crippen LogP contribution >= 0.6 is 0 Å². The Labute approximate surface area is 113 Å². The van der Waals surface area contributed by atoms with Crippen LogP contribution in [0.1, 0.15) is 22.9 Å². The van der Waals surface area contributed by atoms with Gasteiger partial charge in [0.25, 0.3) is 0 Å². The summed E-state index contributed by atoms with van der Waals surface area (Å²) in [7, 11) is 3.92. The first-order chi connectivity index (χ1) is 9.13. The second kappa shape index (κ2) is 5.77. The fourth-order valence-corrected chi connectivity index (χ4v) is 1.97. The minimum atomic E-state index is -0.148. The summed E-state index contributed by atoms with van der Waals surface area (Å²) in [5, 5.41) is 0. The summed E-state index contributed by atoms with van der Waals surface area (Å²) in [5.74, 6) is 6.59. The standard InChI is InChI=1S/C14H19N5/c1-10-5-4-8-16-13(10)14(18-15)11-6-7-12(17-9-11)19(2)3/h4-9,14,18H,15H2,1-3H3. The molecule has 2 aromatic heterocycles. The number of rotatable bonds is 4. The van der Waals surface area contributed by atoms with Gasteiger partial charge < -0.3 is 4.90 Å². The molecule has 0 radical (unpaired) electrons. The van der Waals surface area contributed by atoms with Crippen molar-refractivity contribution in [2.75, 3.05) is 19.0 Å². The second-order valence-corrected chi connectivity index (χ2v) is 4.65. The van der Waals surface area contributed by atoms with Gasteiger partial charge in [0.2, 0.25) is 0 Å². The summed E-state index contributed by atoms with van der Waals surface area (Å²) in [6.07, 6.45) is 3.60. The molecule has 0 aliphatic heterocycles. The highest BCUT2D eigenvalue weighted by molar-refractivity contribution is 5.40. The van der Waals surface area contributed by atoms with Gasteiger partial charge in [-0.2, -0.15) is 0 Å². The van der Waals surface area contributed by atoms with Gasteiger partial charge in [0, 0.05) is 26.5 Å². The molecule has 5 nitrogen and oxygen atoms in total. The Morgan fingerprint density at radius 3 is 2.53 bits per heavy atom. The smallest absolute Gasteiger partial charge is 0.127 e. The molecule has 0 saturated heterocycles. The molecular formula is C14H19N5. The molecule has 0 aliphatic rings. The summed E-state index contributed by atoms with van der Waals surface area (Å²) >= 11 is 0. The SMILES string of the molecule is Cc1cccnc1C(NN)c1ccc(N(C)C)nc1. The van der Waals surface area contributed by atoms with Crippen LogP contribution < -0.4 is 16.2 Å². The number of hydrogen-bond donors (Lipinski definition) is 2. The average molecular weight is 257 g/mol. The molecule has 0 saturated carbocycles. The first-order valence-corrected chi connectivity index (χ1v) is 6.14. The Balaban J connectivity index is 2.35. The lowest BCUT2D eigenvalue weighted by Crippen LogP contribution is -2.30. The van der Waals surface area contributed by atoms with E-state index in [-0.39, 0.29) is 6.04 Å². The van der Waals surface area contributed by atoms with E-state index in [1.165, 1.54) is 0 Å². The molecule has 5 heteroatoms. The maximum atomic E-state index is 5.68. The van der Waals surface area contributed by atoms with E-state index in [9.17, 15) is 0 Å². The van der Waals surface area contributed by atoms with Crippen molar-refractivity contribution in [3.8, 4) is 0 Å². The van der Waals surface area contributed by atoms with E-state index < -0.39 is 0 Å². The van der Waals surface area contributed by atoms with Crippen LogP contribution in [0.5, 0.6) is 0 Å². The number of nitrogens with zero attached hydrogens (tertiary/aromatic N) is 3. The fraction of sp³-hybridized carbons (Fsp3) is 0.286. The van der Waals surface area contributed by atoms with E-state index in [2.05, 4.69) is 15.4 Å². The van der Waals surface area contributed by atoms with Crippen molar-refractivity contribution in [1.82, 2.24) is 15.4 Å². The van der Waals surface area contributed by atoms with E-state index in [0.29, 0.717) is 0 Å². The van der Waals surface area contributed by atoms with Crippen LogP contribution in [0.2, 0.25) is 0 Å². The van der Waals surface area contributed by atoms with Gasteiger partial charge in [-0.25, -0.2) is 10.4 Å². The lowest BCUT2D eigenvalue weighted by Gasteiger charge is -2.18. The molecule has 0 spiro atoms. The minimum absolute atomic E-state index is 0.148. The van der Waals surface area contributed by atoms with E-state index in [1.807, 2.05) is 56.4 Å². The zero-order valence-electron chi connectivity index (χ0n) is 11.5. The predicted octanol–water partition coefficient (Wildman–Crippen LogP) is 1.40. The Morgan fingerprint density at radius 1 is 1.21 bits per heavy atom. The maximum absolute atomic E-state index is 5.68. The molecule has 3 N–H and O–H groups in total. The normalized spacial score (nSPS) is 12.2. The summed E-state index contributed by atoms with van der Waals surface area (Å²) in [6.45, 7) is 2.02. The second-order valence-electron chi connectivity index (χ2n) is 4.65. The van der Waals surface area contributed by atoms with Crippen LogP contribution in [0.4, 0.5) is 5.82 Å². The van der Waals surface area contributed by atoms with Gasteiger partial charge in [0.1, 0.15) is 5.82 Å². The monoisotopic (exact) mass is 257 g/mol. The molecule has 19 heavy (non-hydrogen) atoms. The molecule has 2 aromatic rings. The largest absolute Gasteiger partial charge is 0.363 e. The Kier molecular flexibility index (Phi) is 4.09. The van der Waals surface area contributed by atoms with Crippen molar-refractivity contribution in [2.24, 2.45) is 5.84 Å². The molecule has 0 aromatic carbocycles. The lowest BCUT2D eigenvalue weighted by molar-refractivity contribution is 0.615. The van der Waals surface area contributed by atoms with Gasteiger partial charge in [-0.05, 0) is 30.2 Å². The Morgan fingerprint density at radius 2 is 2.00 bits per heavy atom. The maximum Gasteiger partial charge on any atom is 0.127 e. The highest BCUT2D eigenvalue weighted by atomic mass is 15.2. The molecule has 0 aliphatic carbocycles. The molecule has 1 atom stereocenters. The summed E-state index contributed by atoms with van der Waals surface area (Å²) in [5.41, 5.74) is 5.82. The number of nitrogens with one attached hydrogen (secondary N) is 1. The van der Waals surface area contributed by atoms with E-state index in [1.54, 1.807) is 6.20 Å². The van der Waals surface area contributed by atoms with Crippen LogP contribution in [0, 0.1) is 6.92 Å². The number of pyridine rings is 2. The molecule has 0 bridgehead atoms. The van der Waals surface area contributed by atoms with Gasteiger partial charge in [-0.1, -0.05) is 12.1 Å². The first kappa shape index (κ1) is 13.5. The summed E-state index contributed by atoms with van der Waals surface area (Å²) < 4.78 is 0. The van der Waals surface area contributed by atoms with Crippen LogP contribution in [-0.4, -0.2) is 24.1 Å². The van der Waals surface area contributed by atoms with Crippen LogP contribution in [0.15, 0.2) is 36.7 Å². The summed E-state index contributed by atoms with van der Waals surface area (Å²) in [4.78, 5) is 10.8. The molecule has 0 amide bonds. The number of aryl methyl sites for hydroxylation is 1. The first-order valence-electron chi connectivity index (χ1n) is 6.14. The van der Waals surface area contributed by atoms with Crippen molar-refractivity contribution in [3.05, 3.63) is 53.5 Å². The third kappa shape index (κ3) is 2.89. The number of hydrogen-bond acceptors (Lipinski definition) is 5. The van der Waals surface area contributed by atoms with E-state index in [0.717, 1.165) is 22.6 Å². The lowest BCUT2D eigenvalue weighted by atomic mass is 10.0. The fourth-order valence-electron chi connectivity index (χ4n) is 1.97. The van der Waals surface area contributed by atoms with Crippen molar-refractivity contribution in [2.45, 2.75) is 13.0 Å². The molecular weight excluding hydrogens is 238 g/mol. The van der Waals surface area contributed by atoms with Crippen LogP contribution in [0.3, 0.4) is 0 Å². The molecule has 2 heterocycles. The highest BCUT2D eigenvalue weighted by Gasteiger charge is 2.16. The average Bonchev–Trinajstić information content (AvgIpc) is 2.42.